The minimum absolute atomic E-state index is 0.0556. The van der Waals surface area contributed by atoms with Crippen LogP contribution in [0.15, 0.2) is 34.7 Å². The van der Waals surface area contributed by atoms with E-state index in [1.54, 1.807) is 24.0 Å². The molecule has 36 heavy (non-hydrogen) atoms. The molecule has 1 aliphatic heterocycles. The third-order valence-corrected chi connectivity index (χ3v) is 7.06. The van der Waals surface area contributed by atoms with Crippen molar-refractivity contribution in [1.82, 2.24) is 14.7 Å². The minimum atomic E-state index is -0.0556. The van der Waals surface area contributed by atoms with Crippen molar-refractivity contribution in [3.05, 3.63) is 47.4 Å². The van der Waals surface area contributed by atoms with Gasteiger partial charge in [-0.3, -0.25) is 9.59 Å². The molecule has 0 N–H and O–H groups in total. The van der Waals surface area contributed by atoms with Crippen LogP contribution in [0, 0.1) is 12.8 Å². The number of hydrogen-bond donors (Lipinski definition) is 0. The van der Waals surface area contributed by atoms with Gasteiger partial charge in [0.05, 0.1) is 27.3 Å². The van der Waals surface area contributed by atoms with Crippen LogP contribution >= 0.6 is 0 Å². The Hall–Kier alpha value is -3.00. The molecule has 0 unspecified atom stereocenters. The number of rotatable bonds is 13. The molecular formula is C28H39N3O5. The van der Waals surface area contributed by atoms with Crippen LogP contribution in [0.25, 0.3) is 0 Å². The van der Waals surface area contributed by atoms with E-state index in [1.165, 1.54) is 12.8 Å². The average molecular weight is 498 g/mol. The Morgan fingerprint density at radius 1 is 1.00 bits per heavy atom. The Kier molecular flexibility index (Phi) is 8.91. The van der Waals surface area contributed by atoms with E-state index in [1.807, 2.05) is 37.3 Å². The number of carbonyl (C=O) groups is 2. The van der Waals surface area contributed by atoms with Crippen LogP contribution in [-0.2, 0) is 22.6 Å². The van der Waals surface area contributed by atoms with E-state index in [4.69, 9.17) is 13.9 Å². The predicted octanol–water partition coefficient (Wildman–Crippen LogP) is 3.51. The van der Waals surface area contributed by atoms with Gasteiger partial charge in [-0.15, -0.1) is 0 Å². The molecule has 2 amide bonds. The summed E-state index contributed by atoms with van der Waals surface area (Å²) in [5.74, 6) is 3.05. The first-order valence-electron chi connectivity index (χ1n) is 13.0. The lowest BCUT2D eigenvalue weighted by molar-refractivity contribution is -0.141. The van der Waals surface area contributed by atoms with E-state index in [2.05, 4.69) is 4.90 Å². The topological polar surface area (TPSA) is 75.5 Å². The number of ether oxygens (including phenoxy) is 2. The van der Waals surface area contributed by atoms with Crippen LogP contribution in [0.1, 0.15) is 42.8 Å². The van der Waals surface area contributed by atoms with Gasteiger partial charge < -0.3 is 28.6 Å². The zero-order valence-electron chi connectivity index (χ0n) is 21.8. The molecule has 8 heteroatoms. The predicted molar refractivity (Wildman–Crippen MR) is 137 cm³/mol. The zero-order chi connectivity index (χ0) is 25.5. The zero-order valence-corrected chi connectivity index (χ0v) is 21.8. The normalized spacial score (nSPS) is 15.6. The summed E-state index contributed by atoms with van der Waals surface area (Å²) in [5, 5.41) is 0. The lowest BCUT2D eigenvalue weighted by Gasteiger charge is -2.29. The van der Waals surface area contributed by atoms with Crippen molar-refractivity contribution >= 4 is 11.8 Å². The molecule has 1 aromatic heterocycles. The average Bonchev–Trinajstić information content (AvgIpc) is 3.45. The highest BCUT2D eigenvalue weighted by atomic mass is 16.5. The summed E-state index contributed by atoms with van der Waals surface area (Å²) < 4.78 is 16.6. The van der Waals surface area contributed by atoms with Gasteiger partial charge in [-0.05, 0) is 81.9 Å². The standard InChI is InChI=1S/C28H39N3O5/c1-21-6-10-24(36-21)19-30(15-12-22-7-11-25(34-2)26(18-22)35-3)27(32)20-31(28(33)23-8-9-23)17-16-29-13-4-5-14-29/h6-7,10-11,18,23H,4-5,8-9,12-17,19-20H2,1-3H3. The van der Waals surface area contributed by atoms with Crippen molar-refractivity contribution in [3.63, 3.8) is 0 Å². The fraction of sp³-hybridized carbons (Fsp3) is 0.571. The number of methoxy groups -OCH3 is 2. The van der Waals surface area contributed by atoms with Gasteiger partial charge in [0.25, 0.3) is 0 Å². The Morgan fingerprint density at radius 2 is 1.75 bits per heavy atom. The first kappa shape index (κ1) is 26.1. The maximum absolute atomic E-state index is 13.6. The maximum Gasteiger partial charge on any atom is 0.242 e. The molecule has 2 heterocycles. The molecule has 2 aromatic rings. The van der Waals surface area contributed by atoms with E-state index < -0.39 is 0 Å². The number of likely N-dealkylation sites (tertiary alicyclic amines) is 1. The minimum Gasteiger partial charge on any atom is -0.493 e. The second kappa shape index (κ2) is 12.3. The summed E-state index contributed by atoms with van der Waals surface area (Å²) in [6.45, 7) is 6.47. The van der Waals surface area contributed by atoms with Crippen LogP contribution in [0.5, 0.6) is 11.5 Å². The number of benzene rings is 1. The Morgan fingerprint density at radius 3 is 2.39 bits per heavy atom. The summed E-state index contributed by atoms with van der Waals surface area (Å²) in [6.07, 6.45) is 4.93. The van der Waals surface area contributed by atoms with Crippen molar-refractivity contribution in [2.75, 3.05) is 53.5 Å². The Bertz CT molecular complexity index is 1030. The van der Waals surface area contributed by atoms with Crippen molar-refractivity contribution in [2.24, 2.45) is 5.92 Å². The van der Waals surface area contributed by atoms with Crippen LogP contribution in [0.3, 0.4) is 0 Å². The number of furan rings is 1. The van der Waals surface area contributed by atoms with E-state index in [0.29, 0.717) is 37.6 Å². The molecule has 2 fully saturated rings. The van der Waals surface area contributed by atoms with Crippen LogP contribution in [-0.4, -0.2) is 80.0 Å². The van der Waals surface area contributed by atoms with Crippen molar-refractivity contribution in [2.45, 2.75) is 45.6 Å². The van der Waals surface area contributed by atoms with Crippen LogP contribution in [0.4, 0.5) is 0 Å². The molecule has 0 radical (unpaired) electrons. The van der Waals surface area contributed by atoms with Crippen LogP contribution in [0.2, 0.25) is 0 Å². The highest BCUT2D eigenvalue weighted by Crippen LogP contribution is 2.31. The molecule has 1 aliphatic carbocycles. The van der Waals surface area contributed by atoms with Gasteiger partial charge >= 0.3 is 0 Å². The molecule has 2 aliphatic rings. The largest absolute Gasteiger partial charge is 0.493 e. The SMILES string of the molecule is COc1ccc(CCN(Cc2ccc(C)o2)C(=O)CN(CCN2CCCC2)C(=O)C2CC2)cc1OC. The first-order valence-corrected chi connectivity index (χ1v) is 13.0. The van der Waals surface area contributed by atoms with E-state index in [9.17, 15) is 9.59 Å². The van der Waals surface area contributed by atoms with Gasteiger partial charge in [0, 0.05) is 25.6 Å². The maximum atomic E-state index is 13.6. The van der Waals surface area contributed by atoms with Crippen molar-refractivity contribution in [3.8, 4) is 11.5 Å². The summed E-state index contributed by atoms with van der Waals surface area (Å²) in [4.78, 5) is 32.6. The molecule has 1 aromatic carbocycles. The highest BCUT2D eigenvalue weighted by Gasteiger charge is 2.35. The summed E-state index contributed by atoms with van der Waals surface area (Å²) in [5.41, 5.74) is 1.04. The monoisotopic (exact) mass is 497 g/mol. The Balaban J connectivity index is 1.44. The highest BCUT2D eigenvalue weighted by molar-refractivity contribution is 5.87. The second-order valence-corrected chi connectivity index (χ2v) is 9.85. The summed E-state index contributed by atoms with van der Waals surface area (Å²) >= 11 is 0. The van der Waals surface area contributed by atoms with Gasteiger partial charge in [0.15, 0.2) is 11.5 Å². The molecule has 1 saturated carbocycles. The molecular weight excluding hydrogens is 458 g/mol. The molecule has 0 atom stereocenters. The number of aryl methyl sites for hydroxylation is 1. The number of hydrogen-bond acceptors (Lipinski definition) is 6. The first-order chi connectivity index (χ1) is 17.5. The van der Waals surface area contributed by atoms with Gasteiger partial charge in [-0.1, -0.05) is 6.07 Å². The van der Waals surface area contributed by atoms with Gasteiger partial charge in [0.2, 0.25) is 11.8 Å². The van der Waals surface area contributed by atoms with Crippen LogP contribution < -0.4 is 9.47 Å². The summed E-state index contributed by atoms with van der Waals surface area (Å²) in [6, 6.07) is 9.62. The quantitative estimate of drug-likeness (QED) is 0.422. The van der Waals surface area contributed by atoms with Crippen molar-refractivity contribution in [1.29, 1.82) is 0 Å². The van der Waals surface area contributed by atoms with Crippen molar-refractivity contribution < 1.29 is 23.5 Å². The number of nitrogens with zero attached hydrogens (tertiary/aromatic N) is 3. The van der Waals surface area contributed by atoms with E-state index in [0.717, 1.165) is 49.6 Å². The van der Waals surface area contributed by atoms with E-state index >= 15 is 0 Å². The number of carbonyl (C=O) groups excluding carboxylic acids is 2. The molecule has 0 spiro atoms. The molecule has 8 nitrogen and oxygen atoms in total. The second-order valence-electron chi connectivity index (χ2n) is 9.85. The van der Waals surface area contributed by atoms with Gasteiger partial charge in [-0.2, -0.15) is 0 Å². The third-order valence-electron chi connectivity index (χ3n) is 7.06. The molecule has 4 rings (SSSR count). The number of amides is 2. The lowest BCUT2D eigenvalue weighted by Crippen LogP contribution is -2.46. The molecule has 0 bridgehead atoms. The lowest BCUT2D eigenvalue weighted by atomic mass is 10.1. The summed E-state index contributed by atoms with van der Waals surface area (Å²) in [7, 11) is 3.23. The van der Waals surface area contributed by atoms with Gasteiger partial charge in [0.1, 0.15) is 11.5 Å². The third kappa shape index (κ3) is 7.03. The fourth-order valence-corrected chi connectivity index (χ4v) is 4.74. The molecule has 196 valence electrons. The van der Waals surface area contributed by atoms with Gasteiger partial charge in [-0.25, -0.2) is 0 Å². The van der Waals surface area contributed by atoms with E-state index in [-0.39, 0.29) is 24.3 Å². The fourth-order valence-electron chi connectivity index (χ4n) is 4.74. The molecule has 1 saturated heterocycles. The Labute approximate surface area is 214 Å². The smallest absolute Gasteiger partial charge is 0.242 e.